The summed E-state index contributed by atoms with van der Waals surface area (Å²) in [6.07, 6.45) is 3.11. The van der Waals surface area contributed by atoms with Crippen molar-refractivity contribution < 1.29 is 4.43 Å². The van der Waals surface area contributed by atoms with Crippen molar-refractivity contribution in [3.63, 3.8) is 0 Å². The molecule has 0 atom stereocenters. The minimum atomic E-state index is -2.69. The van der Waals surface area contributed by atoms with Crippen molar-refractivity contribution in [3.05, 3.63) is 124 Å². The number of unbranched alkanes of at least 4 members (excludes halogenated alkanes) is 1. The van der Waals surface area contributed by atoms with E-state index in [2.05, 4.69) is 77.8 Å². The van der Waals surface area contributed by atoms with E-state index >= 15 is 0 Å². The van der Waals surface area contributed by atoms with Crippen molar-refractivity contribution >= 4 is 23.9 Å². The highest BCUT2D eigenvalue weighted by Gasteiger charge is 2.41. The maximum Gasteiger partial charge on any atom is 0.328 e. The largest absolute Gasteiger partial charge is 0.404 e. The number of H-pyrrole nitrogens is 1. The Bertz CT molecular complexity index is 1140. The van der Waals surface area contributed by atoms with E-state index in [1.807, 2.05) is 18.2 Å². The van der Waals surface area contributed by atoms with Gasteiger partial charge in [-0.3, -0.25) is 9.78 Å². The number of rotatable bonds is 9. The second kappa shape index (κ2) is 10.2. The number of nitrogens with one attached hydrogen (secondary N) is 1. The fourth-order valence-corrected chi connectivity index (χ4v) is 7.93. The van der Waals surface area contributed by atoms with Crippen LogP contribution >= 0.6 is 0 Å². The zero-order chi connectivity index (χ0) is 22.2. The van der Waals surface area contributed by atoms with E-state index in [1.165, 1.54) is 26.2 Å². The molecule has 0 aliphatic heterocycles. The molecule has 0 saturated heterocycles. The van der Waals surface area contributed by atoms with Crippen LogP contribution in [-0.4, -0.2) is 24.5 Å². The van der Waals surface area contributed by atoms with E-state index in [9.17, 15) is 9.59 Å². The molecule has 0 bridgehead atoms. The van der Waals surface area contributed by atoms with Gasteiger partial charge in [0.15, 0.2) is 0 Å². The first kappa shape index (κ1) is 21.7. The van der Waals surface area contributed by atoms with Crippen LogP contribution in [0.4, 0.5) is 0 Å². The molecule has 0 radical (unpaired) electrons. The van der Waals surface area contributed by atoms with Crippen LogP contribution in [0.25, 0.3) is 0 Å². The smallest absolute Gasteiger partial charge is 0.328 e. The number of hydrogen-bond acceptors (Lipinski definition) is 3. The van der Waals surface area contributed by atoms with Crippen molar-refractivity contribution in [2.45, 2.75) is 19.4 Å². The van der Waals surface area contributed by atoms with Crippen LogP contribution in [0, 0.1) is 0 Å². The number of benzene rings is 3. The zero-order valence-corrected chi connectivity index (χ0v) is 18.8. The standard InChI is InChI=1S/C26H26N2O3Si/c29-25-18-20-28(26(30)27-25)19-10-11-21-31-32(22-12-4-1-5-13-22,23-14-6-2-7-15-23)24-16-8-3-9-17-24/h1-9,12-18,20H,10-11,19,21H2,(H,27,29,30). The highest BCUT2D eigenvalue weighted by molar-refractivity contribution is 7.07. The SMILES string of the molecule is O=c1ccn(CCCCO[Si](c2ccccc2)(c2ccccc2)c2ccccc2)c(=O)[nH]1. The highest BCUT2D eigenvalue weighted by Crippen LogP contribution is 2.11. The van der Waals surface area contributed by atoms with Gasteiger partial charge in [-0.05, 0) is 28.4 Å². The summed E-state index contributed by atoms with van der Waals surface area (Å²) in [6.45, 7) is 1.11. The topological polar surface area (TPSA) is 64.1 Å². The summed E-state index contributed by atoms with van der Waals surface area (Å²) in [5.74, 6) is 0. The van der Waals surface area contributed by atoms with Gasteiger partial charge in [-0.1, -0.05) is 91.0 Å². The van der Waals surface area contributed by atoms with Crippen LogP contribution in [0.5, 0.6) is 0 Å². The van der Waals surface area contributed by atoms with Crippen molar-refractivity contribution in [2.24, 2.45) is 0 Å². The van der Waals surface area contributed by atoms with Crippen molar-refractivity contribution in [1.29, 1.82) is 0 Å². The molecule has 162 valence electrons. The maximum atomic E-state index is 11.9. The van der Waals surface area contributed by atoms with Gasteiger partial charge in [0.05, 0.1) is 0 Å². The number of aryl methyl sites for hydroxylation is 1. The molecule has 0 fully saturated rings. The van der Waals surface area contributed by atoms with Crippen molar-refractivity contribution in [1.82, 2.24) is 9.55 Å². The maximum absolute atomic E-state index is 11.9. The Balaban J connectivity index is 1.60. The monoisotopic (exact) mass is 442 g/mol. The lowest BCUT2D eigenvalue weighted by molar-refractivity contribution is 0.307. The quantitative estimate of drug-likeness (QED) is 0.245. The van der Waals surface area contributed by atoms with E-state index in [4.69, 9.17) is 4.43 Å². The number of aromatic amines is 1. The van der Waals surface area contributed by atoms with Crippen LogP contribution in [0.2, 0.25) is 0 Å². The summed E-state index contributed by atoms with van der Waals surface area (Å²) in [4.78, 5) is 25.4. The first-order valence-electron chi connectivity index (χ1n) is 10.8. The fraction of sp³-hybridized carbons (Fsp3) is 0.154. The Morgan fingerprint density at radius 3 is 1.66 bits per heavy atom. The average molecular weight is 443 g/mol. The molecule has 5 nitrogen and oxygen atoms in total. The molecule has 0 unspecified atom stereocenters. The Morgan fingerprint density at radius 2 is 1.19 bits per heavy atom. The van der Waals surface area contributed by atoms with E-state index < -0.39 is 8.32 Å². The Morgan fingerprint density at radius 1 is 0.688 bits per heavy atom. The third-order valence-electron chi connectivity index (χ3n) is 5.55. The molecular weight excluding hydrogens is 416 g/mol. The predicted molar refractivity (Wildman–Crippen MR) is 130 cm³/mol. The van der Waals surface area contributed by atoms with E-state index in [1.54, 1.807) is 6.20 Å². The first-order chi connectivity index (χ1) is 15.7. The van der Waals surface area contributed by atoms with Gasteiger partial charge in [0, 0.05) is 25.4 Å². The lowest BCUT2D eigenvalue weighted by Crippen LogP contribution is -2.69. The Hall–Kier alpha value is -3.48. The van der Waals surface area contributed by atoms with Crippen molar-refractivity contribution in [3.8, 4) is 0 Å². The molecular formula is C26H26N2O3Si. The zero-order valence-electron chi connectivity index (χ0n) is 17.8. The molecule has 32 heavy (non-hydrogen) atoms. The molecule has 0 amide bonds. The van der Waals surface area contributed by atoms with Gasteiger partial charge in [-0.25, -0.2) is 4.79 Å². The van der Waals surface area contributed by atoms with Gasteiger partial charge in [0.25, 0.3) is 13.9 Å². The van der Waals surface area contributed by atoms with Gasteiger partial charge in [0.2, 0.25) is 0 Å². The van der Waals surface area contributed by atoms with Crippen LogP contribution in [0.3, 0.4) is 0 Å². The van der Waals surface area contributed by atoms with Gasteiger partial charge in [0.1, 0.15) is 0 Å². The highest BCUT2D eigenvalue weighted by atomic mass is 28.4. The minimum absolute atomic E-state index is 0.375. The summed E-state index contributed by atoms with van der Waals surface area (Å²) < 4.78 is 8.39. The summed E-state index contributed by atoms with van der Waals surface area (Å²) in [6, 6.07) is 32.8. The van der Waals surface area contributed by atoms with E-state index in [0.29, 0.717) is 13.2 Å². The lowest BCUT2D eigenvalue weighted by Gasteiger charge is -2.33. The molecule has 6 heteroatoms. The molecule has 1 heterocycles. The molecule has 0 saturated carbocycles. The summed E-state index contributed by atoms with van der Waals surface area (Å²) in [5, 5.41) is 3.61. The predicted octanol–water partition coefficient (Wildman–Crippen LogP) is 2.00. The lowest BCUT2D eigenvalue weighted by atomic mass is 10.3. The molecule has 4 rings (SSSR count). The minimum Gasteiger partial charge on any atom is -0.404 e. The normalized spacial score (nSPS) is 11.4. The molecule has 3 aromatic carbocycles. The Kier molecular flexibility index (Phi) is 6.94. The van der Waals surface area contributed by atoms with Crippen LogP contribution in [0.1, 0.15) is 12.8 Å². The van der Waals surface area contributed by atoms with E-state index in [-0.39, 0.29) is 11.2 Å². The molecule has 1 N–H and O–H groups in total. The Labute approximate surface area is 188 Å². The second-order valence-electron chi connectivity index (χ2n) is 7.64. The van der Waals surface area contributed by atoms with Crippen LogP contribution in [-0.2, 0) is 11.0 Å². The number of aromatic nitrogens is 2. The van der Waals surface area contributed by atoms with E-state index in [0.717, 1.165) is 12.8 Å². The molecule has 4 aromatic rings. The number of hydrogen-bond donors (Lipinski definition) is 1. The average Bonchev–Trinajstić information content (AvgIpc) is 2.84. The molecule has 0 spiro atoms. The first-order valence-corrected chi connectivity index (χ1v) is 12.7. The van der Waals surface area contributed by atoms with Gasteiger partial charge in [-0.15, -0.1) is 0 Å². The molecule has 0 aliphatic carbocycles. The summed E-state index contributed by atoms with van der Waals surface area (Å²) in [5.41, 5.74) is -0.751. The fourth-order valence-electron chi connectivity index (χ4n) is 4.00. The molecule has 1 aromatic heterocycles. The van der Waals surface area contributed by atoms with Gasteiger partial charge >= 0.3 is 5.69 Å². The van der Waals surface area contributed by atoms with Gasteiger partial charge in [-0.2, -0.15) is 0 Å². The summed E-state index contributed by atoms with van der Waals surface area (Å²) >= 11 is 0. The van der Waals surface area contributed by atoms with Gasteiger partial charge < -0.3 is 8.99 Å². The third kappa shape index (κ3) is 4.71. The van der Waals surface area contributed by atoms with Crippen LogP contribution < -0.4 is 26.8 Å². The molecule has 0 aliphatic rings. The third-order valence-corrected chi connectivity index (χ3v) is 9.63. The second-order valence-corrected chi connectivity index (χ2v) is 11.0. The number of nitrogens with zero attached hydrogens (tertiary/aromatic N) is 1. The summed E-state index contributed by atoms with van der Waals surface area (Å²) in [7, 11) is -2.69. The van der Waals surface area contributed by atoms with Crippen molar-refractivity contribution in [2.75, 3.05) is 6.61 Å². The van der Waals surface area contributed by atoms with Crippen LogP contribution in [0.15, 0.2) is 113 Å².